The maximum atomic E-state index is 12.4. The molecule has 0 aromatic carbocycles. The van der Waals surface area contributed by atoms with Crippen molar-refractivity contribution in [1.29, 1.82) is 0 Å². The Bertz CT molecular complexity index is 595. The first-order valence-electron chi connectivity index (χ1n) is 10.6. The molecule has 3 N–H and O–H groups in total. The van der Waals surface area contributed by atoms with Gasteiger partial charge in [0.1, 0.15) is 11.2 Å². The van der Waals surface area contributed by atoms with Crippen molar-refractivity contribution >= 4 is 24.1 Å². The second kappa shape index (κ2) is 13.7. The van der Waals surface area contributed by atoms with Gasteiger partial charge < -0.3 is 30.1 Å². The van der Waals surface area contributed by atoms with Crippen molar-refractivity contribution in [1.82, 2.24) is 15.5 Å². The summed E-state index contributed by atoms with van der Waals surface area (Å²) in [5.41, 5.74) is -1.15. The zero-order chi connectivity index (χ0) is 24.1. The minimum atomic E-state index is -1.03. The maximum Gasteiger partial charge on any atom is 0.407 e. The average Bonchev–Trinajstić information content (AvgIpc) is 2.58. The zero-order valence-corrected chi connectivity index (χ0v) is 19.7. The van der Waals surface area contributed by atoms with Crippen LogP contribution < -0.4 is 10.6 Å². The van der Waals surface area contributed by atoms with Gasteiger partial charge in [-0.1, -0.05) is 0 Å². The number of hydrogen-bond donors (Lipinski definition) is 3. The normalized spacial score (nSPS) is 11.4. The minimum Gasteiger partial charge on any atom is -0.481 e. The van der Waals surface area contributed by atoms with Crippen LogP contribution in [0.1, 0.15) is 73.6 Å². The Morgan fingerprint density at radius 2 is 1.19 bits per heavy atom. The molecular formula is C21H39N3O7. The molecule has 0 saturated carbocycles. The third-order valence-electron chi connectivity index (χ3n) is 3.70. The van der Waals surface area contributed by atoms with E-state index in [2.05, 4.69) is 10.6 Å². The first kappa shape index (κ1) is 28.5. The van der Waals surface area contributed by atoms with Gasteiger partial charge in [0.05, 0.1) is 6.42 Å². The lowest BCUT2D eigenvalue weighted by molar-refractivity contribution is -0.141. The molecule has 0 aromatic heterocycles. The van der Waals surface area contributed by atoms with E-state index in [0.29, 0.717) is 45.4 Å². The highest BCUT2D eigenvalue weighted by atomic mass is 16.6. The summed E-state index contributed by atoms with van der Waals surface area (Å²) < 4.78 is 10.3. The number of aliphatic carboxylic acids is 1. The van der Waals surface area contributed by atoms with Crippen LogP contribution in [-0.4, -0.2) is 71.5 Å². The van der Waals surface area contributed by atoms with E-state index >= 15 is 0 Å². The fourth-order valence-electron chi connectivity index (χ4n) is 2.44. The van der Waals surface area contributed by atoms with Crippen molar-refractivity contribution in [2.45, 2.75) is 84.8 Å². The number of carboxylic acid groups (broad SMARTS) is 1. The van der Waals surface area contributed by atoms with Gasteiger partial charge in [0.2, 0.25) is 5.91 Å². The van der Waals surface area contributed by atoms with Gasteiger partial charge in [0, 0.05) is 32.6 Å². The third kappa shape index (κ3) is 18.0. The topological polar surface area (TPSA) is 134 Å². The molecule has 0 aliphatic rings. The van der Waals surface area contributed by atoms with Gasteiger partial charge in [0.25, 0.3) is 0 Å². The molecule has 0 spiro atoms. The molecule has 180 valence electrons. The summed E-state index contributed by atoms with van der Waals surface area (Å²) in [4.78, 5) is 48.0. The summed E-state index contributed by atoms with van der Waals surface area (Å²) in [5.74, 6) is -1.28. The van der Waals surface area contributed by atoms with Crippen molar-refractivity contribution in [2.75, 3.05) is 26.2 Å². The van der Waals surface area contributed by atoms with E-state index in [0.717, 1.165) is 0 Å². The van der Waals surface area contributed by atoms with Gasteiger partial charge in [-0.3, -0.25) is 9.59 Å². The van der Waals surface area contributed by atoms with Crippen molar-refractivity contribution in [3.8, 4) is 0 Å². The number of unbranched alkanes of at least 4 members (excludes halogenated alkanes) is 1. The van der Waals surface area contributed by atoms with Crippen LogP contribution in [0.2, 0.25) is 0 Å². The highest BCUT2D eigenvalue weighted by Crippen LogP contribution is 2.08. The summed E-state index contributed by atoms with van der Waals surface area (Å²) in [6, 6.07) is 0. The van der Waals surface area contributed by atoms with Crippen LogP contribution in [0.5, 0.6) is 0 Å². The van der Waals surface area contributed by atoms with Crippen LogP contribution in [0.3, 0.4) is 0 Å². The lowest BCUT2D eigenvalue weighted by atomic mass is 10.2. The molecule has 3 amide bonds. The number of carbonyl (C=O) groups excluding carboxylic acids is 3. The Balaban J connectivity index is 4.38. The van der Waals surface area contributed by atoms with Gasteiger partial charge in [-0.2, -0.15) is 0 Å². The summed E-state index contributed by atoms with van der Waals surface area (Å²) in [6.07, 6.45) is 0.455. The van der Waals surface area contributed by atoms with Crippen LogP contribution in [0, 0.1) is 0 Å². The van der Waals surface area contributed by atoms with Gasteiger partial charge >= 0.3 is 18.2 Å². The van der Waals surface area contributed by atoms with Crippen LogP contribution >= 0.6 is 0 Å². The fraction of sp³-hybridized carbons (Fsp3) is 0.810. The van der Waals surface area contributed by atoms with Crippen LogP contribution in [0.15, 0.2) is 0 Å². The lowest BCUT2D eigenvalue weighted by Crippen LogP contribution is -2.37. The highest BCUT2D eigenvalue weighted by Gasteiger charge is 2.18. The quantitative estimate of drug-likeness (QED) is 0.393. The molecule has 0 bridgehead atoms. The molecule has 0 heterocycles. The molecule has 0 aliphatic carbocycles. The predicted octanol–water partition coefficient (Wildman–Crippen LogP) is 2.90. The Hall–Kier alpha value is -2.52. The lowest BCUT2D eigenvalue weighted by Gasteiger charge is -2.23. The summed E-state index contributed by atoms with van der Waals surface area (Å²) in [7, 11) is 0. The monoisotopic (exact) mass is 445 g/mol. The molecule has 0 unspecified atom stereocenters. The SMILES string of the molecule is CC(C)(C)OC(=O)NCCCCN(CCCNC(=O)OC(C)(C)C)C(=O)CCC(=O)O. The number of nitrogens with zero attached hydrogens (tertiary/aromatic N) is 1. The van der Waals surface area contributed by atoms with Gasteiger partial charge in [-0.05, 0) is 60.8 Å². The summed E-state index contributed by atoms with van der Waals surface area (Å²) in [6.45, 7) is 12.2. The zero-order valence-electron chi connectivity index (χ0n) is 19.7. The number of hydrogen-bond acceptors (Lipinski definition) is 6. The summed E-state index contributed by atoms with van der Waals surface area (Å²) in [5, 5.41) is 14.1. The number of ether oxygens (including phenoxy) is 2. The molecule has 0 rings (SSSR count). The fourth-order valence-corrected chi connectivity index (χ4v) is 2.44. The highest BCUT2D eigenvalue weighted by molar-refractivity contribution is 5.80. The Morgan fingerprint density at radius 3 is 1.65 bits per heavy atom. The molecule has 0 aliphatic heterocycles. The van der Waals surface area contributed by atoms with Crippen molar-refractivity contribution in [3.05, 3.63) is 0 Å². The maximum absolute atomic E-state index is 12.4. The average molecular weight is 446 g/mol. The van der Waals surface area contributed by atoms with Crippen LogP contribution in [-0.2, 0) is 19.1 Å². The predicted molar refractivity (Wildman–Crippen MR) is 116 cm³/mol. The van der Waals surface area contributed by atoms with E-state index < -0.39 is 29.4 Å². The molecule has 0 atom stereocenters. The number of carbonyl (C=O) groups is 4. The number of nitrogens with one attached hydrogen (secondary N) is 2. The molecule has 0 saturated heterocycles. The van der Waals surface area contributed by atoms with Gasteiger partial charge in [0.15, 0.2) is 0 Å². The smallest absolute Gasteiger partial charge is 0.407 e. The van der Waals surface area contributed by atoms with Crippen molar-refractivity contribution < 1.29 is 33.8 Å². The third-order valence-corrected chi connectivity index (χ3v) is 3.70. The second-order valence-corrected chi connectivity index (χ2v) is 9.19. The number of carboxylic acids is 1. The van der Waals surface area contributed by atoms with Crippen LogP contribution in [0.4, 0.5) is 9.59 Å². The molecule has 10 heteroatoms. The minimum absolute atomic E-state index is 0.0784. The van der Waals surface area contributed by atoms with E-state index in [4.69, 9.17) is 14.6 Å². The largest absolute Gasteiger partial charge is 0.481 e. The number of rotatable bonds is 12. The number of alkyl carbamates (subject to hydrolysis) is 2. The Labute approximate surface area is 185 Å². The standard InChI is InChI=1S/C21H39N3O7/c1-20(2,3)30-18(28)22-12-7-8-14-24(16(25)10-11-17(26)27)15-9-13-23-19(29)31-21(4,5)6/h7-15H2,1-6H3,(H,22,28)(H,23,29)(H,26,27). The van der Waals surface area contributed by atoms with E-state index in [-0.39, 0.29) is 18.7 Å². The second-order valence-electron chi connectivity index (χ2n) is 9.19. The first-order valence-corrected chi connectivity index (χ1v) is 10.6. The number of amides is 3. The molecule has 0 fully saturated rings. The van der Waals surface area contributed by atoms with E-state index in [9.17, 15) is 19.2 Å². The molecule has 0 radical (unpaired) electrons. The van der Waals surface area contributed by atoms with Crippen LogP contribution in [0.25, 0.3) is 0 Å². The Morgan fingerprint density at radius 1 is 0.742 bits per heavy atom. The van der Waals surface area contributed by atoms with Gasteiger partial charge in [-0.25, -0.2) is 9.59 Å². The van der Waals surface area contributed by atoms with E-state index in [1.54, 1.807) is 46.4 Å². The van der Waals surface area contributed by atoms with Crippen molar-refractivity contribution in [2.24, 2.45) is 0 Å². The van der Waals surface area contributed by atoms with Crippen molar-refractivity contribution in [3.63, 3.8) is 0 Å². The molecule has 31 heavy (non-hydrogen) atoms. The van der Waals surface area contributed by atoms with E-state index in [1.165, 1.54) is 0 Å². The summed E-state index contributed by atoms with van der Waals surface area (Å²) >= 11 is 0. The Kier molecular flexibility index (Phi) is 12.6. The molecule has 0 aromatic rings. The van der Waals surface area contributed by atoms with E-state index in [1.807, 2.05) is 0 Å². The molecule has 10 nitrogen and oxygen atoms in total. The first-order chi connectivity index (χ1) is 14.2. The van der Waals surface area contributed by atoms with Gasteiger partial charge in [-0.15, -0.1) is 0 Å². The molecular weight excluding hydrogens is 406 g/mol.